The maximum Gasteiger partial charge on any atom is 0.317 e. The van der Waals surface area contributed by atoms with E-state index >= 15 is 0 Å². The van der Waals surface area contributed by atoms with E-state index in [1.807, 2.05) is 13.8 Å². The minimum atomic E-state index is -1.26. The fourth-order valence-electron chi connectivity index (χ4n) is 2.34. The second-order valence-electron chi connectivity index (χ2n) is 5.67. The zero-order valence-electron chi connectivity index (χ0n) is 12.4. The molecule has 0 aliphatic rings. The van der Waals surface area contributed by atoms with E-state index in [0.29, 0.717) is 5.92 Å². The van der Waals surface area contributed by atoms with Gasteiger partial charge in [-0.25, -0.2) is 0 Å². The van der Waals surface area contributed by atoms with Crippen molar-refractivity contribution in [3.63, 3.8) is 0 Å². The van der Waals surface area contributed by atoms with Gasteiger partial charge in [0.2, 0.25) is 0 Å². The van der Waals surface area contributed by atoms with Gasteiger partial charge in [-0.15, -0.1) is 0 Å². The van der Waals surface area contributed by atoms with Crippen molar-refractivity contribution in [1.29, 1.82) is 0 Å². The average Bonchev–Trinajstić information content (AvgIpc) is 2.31. The van der Waals surface area contributed by atoms with Gasteiger partial charge in [-0.1, -0.05) is 59.3 Å². The second kappa shape index (κ2) is 12.4. The van der Waals surface area contributed by atoms with Crippen LogP contribution < -0.4 is 0 Å². The first kappa shape index (κ1) is 22.0. The zero-order valence-corrected chi connectivity index (χ0v) is 12.4. The number of carboxylic acids is 2. The van der Waals surface area contributed by atoms with Gasteiger partial charge in [-0.05, 0) is 18.3 Å². The maximum absolute atomic E-state index is 10.9. The van der Waals surface area contributed by atoms with Crippen LogP contribution in [0.4, 0.5) is 0 Å². The minimum absolute atomic E-state index is 0. The summed E-state index contributed by atoms with van der Waals surface area (Å²) in [5.74, 6) is -3.19. The van der Waals surface area contributed by atoms with E-state index in [9.17, 15) is 9.59 Å². The molecule has 0 radical (unpaired) electrons. The Morgan fingerprint density at radius 2 is 1.45 bits per heavy atom. The molecule has 0 spiro atoms. The summed E-state index contributed by atoms with van der Waals surface area (Å²) in [7, 11) is 0. The van der Waals surface area contributed by atoms with Crippen molar-refractivity contribution in [2.75, 3.05) is 0 Å². The molecular formula is C15H30MgO4. The van der Waals surface area contributed by atoms with Crippen molar-refractivity contribution in [2.24, 2.45) is 17.8 Å². The molecule has 5 heteroatoms. The quantitative estimate of drug-likeness (QED) is 0.349. The van der Waals surface area contributed by atoms with E-state index in [0.717, 1.165) is 19.3 Å². The molecule has 20 heavy (non-hydrogen) atoms. The Kier molecular flexibility index (Phi) is 13.7. The number of hydrogen-bond acceptors (Lipinski definition) is 2. The van der Waals surface area contributed by atoms with E-state index in [1.54, 1.807) is 0 Å². The van der Waals surface area contributed by atoms with Gasteiger partial charge >= 0.3 is 35.0 Å². The number of aliphatic carboxylic acids is 2. The Hall–Kier alpha value is -0.294. The number of unbranched alkanes of at least 4 members (excludes halogenated alkanes) is 4. The van der Waals surface area contributed by atoms with Crippen LogP contribution in [-0.2, 0) is 9.59 Å². The van der Waals surface area contributed by atoms with Crippen LogP contribution in [-0.4, -0.2) is 45.2 Å². The molecular weight excluding hydrogens is 268 g/mol. The normalized spacial score (nSPS) is 12.2. The molecule has 1 unspecified atom stereocenters. The van der Waals surface area contributed by atoms with Crippen LogP contribution in [0, 0.1) is 17.8 Å². The van der Waals surface area contributed by atoms with Crippen molar-refractivity contribution >= 4 is 35.0 Å². The fraction of sp³-hybridized carbons (Fsp3) is 0.867. The molecule has 116 valence electrons. The molecule has 0 rings (SSSR count). The van der Waals surface area contributed by atoms with E-state index in [-0.39, 0.29) is 35.4 Å². The van der Waals surface area contributed by atoms with Crippen LogP contribution in [0.5, 0.6) is 0 Å². The van der Waals surface area contributed by atoms with Gasteiger partial charge in [0.15, 0.2) is 5.92 Å². The van der Waals surface area contributed by atoms with Crippen molar-refractivity contribution in [3.05, 3.63) is 0 Å². The lowest BCUT2D eigenvalue weighted by Gasteiger charge is -2.22. The van der Waals surface area contributed by atoms with Crippen molar-refractivity contribution in [3.8, 4) is 0 Å². The van der Waals surface area contributed by atoms with E-state index in [1.165, 1.54) is 19.3 Å². The van der Waals surface area contributed by atoms with Crippen LogP contribution >= 0.6 is 0 Å². The molecule has 0 aromatic rings. The smallest absolute Gasteiger partial charge is 0.317 e. The first-order valence-corrected chi connectivity index (χ1v) is 7.35. The molecule has 0 amide bonds. The van der Waals surface area contributed by atoms with Gasteiger partial charge in [-0.3, -0.25) is 9.59 Å². The standard InChI is InChI=1S/C15H28O4.Mg.2H/c1-4-5-6-7-8-9-12(11(2)3)10-13(14(16)17)15(18)19;;;/h11-13H,4-10H2,1-3H3,(H,16,17)(H,18,19);;;. The van der Waals surface area contributed by atoms with Crippen LogP contribution in [0.2, 0.25) is 0 Å². The Bertz CT molecular complexity index is 265. The summed E-state index contributed by atoms with van der Waals surface area (Å²) in [4.78, 5) is 21.9. The van der Waals surface area contributed by atoms with Crippen LogP contribution in [0.25, 0.3) is 0 Å². The maximum atomic E-state index is 10.9. The lowest BCUT2D eigenvalue weighted by molar-refractivity contribution is -0.155. The summed E-state index contributed by atoms with van der Waals surface area (Å²) in [5, 5.41) is 17.9. The Balaban J connectivity index is 0. The molecule has 0 aliphatic heterocycles. The lowest BCUT2D eigenvalue weighted by Crippen LogP contribution is -2.27. The summed E-state index contributed by atoms with van der Waals surface area (Å²) in [6.07, 6.45) is 7.04. The number of hydrogen-bond donors (Lipinski definition) is 2. The molecule has 0 aromatic carbocycles. The monoisotopic (exact) mass is 298 g/mol. The first-order valence-electron chi connectivity index (χ1n) is 7.35. The fourth-order valence-corrected chi connectivity index (χ4v) is 2.34. The molecule has 2 N–H and O–H groups in total. The molecule has 0 aromatic heterocycles. The molecule has 0 saturated carbocycles. The molecule has 4 nitrogen and oxygen atoms in total. The Morgan fingerprint density at radius 3 is 1.85 bits per heavy atom. The van der Waals surface area contributed by atoms with Crippen molar-refractivity contribution in [1.82, 2.24) is 0 Å². The molecule has 0 fully saturated rings. The lowest BCUT2D eigenvalue weighted by atomic mass is 9.82. The first-order chi connectivity index (χ1) is 8.90. The molecule has 0 aliphatic carbocycles. The molecule has 1 atom stereocenters. The highest BCUT2D eigenvalue weighted by Crippen LogP contribution is 2.26. The van der Waals surface area contributed by atoms with Gasteiger partial charge in [0.25, 0.3) is 0 Å². The van der Waals surface area contributed by atoms with Gasteiger partial charge in [0.05, 0.1) is 0 Å². The van der Waals surface area contributed by atoms with Crippen molar-refractivity contribution < 1.29 is 19.8 Å². The number of carbonyl (C=O) groups is 2. The number of rotatable bonds is 11. The molecule has 0 bridgehead atoms. The Morgan fingerprint density at radius 1 is 0.950 bits per heavy atom. The number of carboxylic acid groups (broad SMARTS) is 2. The van der Waals surface area contributed by atoms with E-state index in [2.05, 4.69) is 6.92 Å². The second-order valence-corrected chi connectivity index (χ2v) is 5.67. The third-order valence-electron chi connectivity index (χ3n) is 3.76. The van der Waals surface area contributed by atoms with Crippen LogP contribution in [0.3, 0.4) is 0 Å². The third-order valence-corrected chi connectivity index (χ3v) is 3.76. The highest BCUT2D eigenvalue weighted by Gasteiger charge is 2.30. The molecule has 0 heterocycles. The Labute approximate surface area is 138 Å². The zero-order chi connectivity index (χ0) is 14.8. The summed E-state index contributed by atoms with van der Waals surface area (Å²) >= 11 is 0. The largest absolute Gasteiger partial charge is 0.481 e. The van der Waals surface area contributed by atoms with Crippen LogP contribution in [0.15, 0.2) is 0 Å². The van der Waals surface area contributed by atoms with E-state index in [4.69, 9.17) is 10.2 Å². The van der Waals surface area contributed by atoms with Gasteiger partial charge in [-0.2, -0.15) is 0 Å². The van der Waals surface area contributed by atoms with Gasteiger partial charge in [0, 0.05) is 0 Å². The summed E-state index contributed by atoms with van der Waals surface area (Å²) in [6, 6.07) is 0. The predicted octanol–water partition coefficient (Wildman–Crippen LogP) is 2.88. The minimum Gasteiger partial charge on any atom is -0.481 e. The summed E-state index contributed by atoms with van der Waals surface area (Å²) < 4.78 is 0. The predicted molar refractivity (Wildman–Crippen MR) is 83.6 cm³/mol. The highest BCUT2D eigenvalue weighted by molar-refractivity contribution is 5.92. The topological polar surface area (TPSA) is 74.6 Å². The third kappa shape index (κ3) is 9.59. The summed E-state index contributed by atoms with van der Waals surface area (Å²) in [5.41, 5.74) is 0. The average molecular weight is 299 g/mol. The van der Waals surface area contributed by atoms with E-state index < -0.39 is 17.9 Å². The van der Waals surface area contributed by atoms with Gasteiger partial charge in [0.1, 0.15) is 0 Å². The summed E-state index contributed by atoms with van der Waals surface area (Å²) in [6.45, 7) is 6.25. The van der Waals surface area contributed by atoms with Gasteiger partial charge < -0.3 is 10.2 Å². The highest BCUT2D eigenvalue weighted by atomic mass is 24.3. The SMILES string of the molecule is CCCCCCCC(CC(C(=O)O)C(=O)O)C(C)C.[MgH2]. The van der Waals surface area contributed by atoms with Crippen molar-refractivity contribution in [2.45, 2.75) is 65.7 Å². The van der Waals surface area contributed by atoms with Crippen LogP contribution in [0.1, 0.15) is 65.7 Å². The molecule has 0 saturated heterocycles.